The highest BCUT2D eigenvalue weighted by Gasteiger charge is 2.16. The Morgan fingerprint density at radius 3 is 2.65 bits per heavy atom. The Balaban J connectivity index is 2.38. The minimum absolute atomic E-state index is 0.201. The molecule has 0 bridgehead atoms. The summed E-state index contributed by atoms with van der Waals surface area (Å²) in [5.74, 6) is 0. The van der Waals surface area contributed by atoms with Crippen LogP contribution in [0, 0.1) is 13.8 Å². The van der Waals surface area contributed by atoms with Gasteiger partial charge in [0.1, 0.15) is 0 Å². The van der Waals surface area contributed by atoms with Gasteiger partial charge in [-0.3, -0.25) is 9.71 Å². The van der Waals surface area contributed by atoms with Gasteiger partial charge in [0.15, 0.2) is 0 Å². The van der Waals surface area contributed by atoms with Crippen molar-refractivity contribution in [3.8, 4) is 0 Å². The molecule has 0 atom stereocenters. The van der Waals surface area contributed by atoms with E-state index in [4.69, 9.17) is 5.73 Å². The zero-order chi connectivity index (χ0) is 14.8. The van der Waals surface area contributed by atoms with Crippen LogP contribution in [-0.4, -0.2) is 13.4 Å². The second kappa shape index (κ2) is 5.60. The molecule has 106 valence electrons. The lowest BCUT2D eigenvalue weighted by Gasteiger charge is -2.11. The summed E-state index contributed by atoms with van der Waals surface area (Å²) in [6, 6.07) is 8.29. The van der Waals surface area contributed by atoms with E-state index in [1.54, 1.807) is 43.5 Å². The van der Waals surface area contributed by atoms with Gasteiger partial charge in [-0.15, -0.1) is 0 Å². The number of anilines is 1. The Labute approximate surface area is 118 Å². The summed E-state index contributed by atoms with van der Waals surface area (Å²) < 4.78 is 27.2. The van der Waals surface area contributed by atoms with Crippen LogP contribution in [-0.2, 0) is 16.6 Å². The molecule has 0 aliphatic carbocycles. The minimum Gasteiger partial charge on any atom is -0.326 e. The third-order valence-electron chi connectivity index (χ3n) is 3.10. The van der Waals surface area contributed by atoms with Gasteiger partial charge in [0.2, 0.25) is 0 Å². The summed E-state index contributed by atoms with van der Waals surface area (Å²) >= 11 is 0. The summed E-state index contributed by atoms with van der Waals surface area (Å²) in [6.07, 6.45) is 1.62. The number of benzene rings is 1. The molecule has 0 unspecified atom stereocenters. The molecule has 1 aromatic carbocycles. The van der Waals surface area contributed by atoms with Crippen LogP contribution < -0.4 is 10.5 Å². The standard InChI is InChI=1S/C14H17N3O2S/c1-10-5-6-13(8-12(10)9-15)20(18,19)17-14-4-3-7-16-11(14)2/h3-8,17H,9,15H2,1-2H3. The molecule has 0 fully saturated rings. The van der Waals surface area contributed by atoms with Crippen LogP contribution in [0.3, 0.4) is 0 Å². The van der Waals surface area contributed by atoms with Crippen LogP contribution >= 0.6 is 0 Å². The second-order valence-electron chi connectivity index (χ2n) is 4.53. The molecule has 20 heavy (non-hydrogen) atoms. The van der Waals surface area contributed by atoms with Crippen LogP contribution in [0.4, 0.5) is 5.69 Å². The van der Waals surface area contributed by atoms with E-state index in [2.05, 4.69) is 9.71 Å². The van der Waals surface area contributed by atoms with Gasteiger partial charge in [-0.25, -0.2) is 8.42 Å². The summed E-state index contributed by atoms with van der Waals surface area (Å²) in [4.78, 5) is 4.26. The zero-order valence-electron chi connectivity index (χ0n) is 11.4. The van der Waals surface area contributed by atoms with Crippen molar-refractivity contribution in [2.24, 2.45) is 5.73 Å². The molecule has 0 saturated heterocycles. The Hall–Kier alpha value is -1.92. The molecule has 1 heterocycles. The molecule has 1 aromatic heterocycles. The van der Waals surface area contributed by atoms with Crippen LogP contribution in [0.5, 0.6) is 0 Å². The lowest BCUT2D eigenvalue weighted by Crippen LogP contribution is -2.15. The van der Waals surface area contributed by atoms with E-state index in [9.17, 15) is 8.42 Å². The maximum atomic E-state index is 12.4. The quantitative estimate of drug-likeness (QED) is 0.901. The molecule has 0 radical (unpaired) electrons. The maximum absolute atomic E-state index is 12.4. The number of nitrogens with zero attached hydrogens (tertiary/aromatic N) is 1. The number of aromatic nitrogens is 1. The van der Waals surface area contributed by atoms with Crippen molar-refractivity contribution < 1.29 is 8.42 Å². The van der Waals surface area contributed by atoms with E-state index in [-0.39, 0.29) is 4.90 Å². The van der Waals surface area contributed by atoms with Gasteiger partial charge < -0.3 is 5.73 Å². The lowest BCUT2D eigenvalue weighted by molar-refractivity contribution is 0.601. The van der Waals surface area contributed by atoms with E-state index >= 15 is 0 Å². The molecule has 3 N–H and O–H groups in total. The second-order valence-corrected chi connectivity index (χ2v) is 6.22. The SMILES string of the molecule is Cc1ccc(S(=O)(=O)Nc2cccnc2C)cc1CN. The summed E-state index contributed by atoms with van der Waals surface area (Å²) in [5, 5.41) is 0. The topological polar surface area (TPSA) is 85.1 Å². The first-order valence-corrected chi connectivity index (χ1v) is 7.66. The highest BCUT2D eigenvalue weighted by atomic mass is 32.2. The minimum atomic E-state index is -3.63. The number of pyridine rings is 1. The van der Waals surface area contributed by atoms with Gasteiger partial charge in [-0.1, -0.05) is 6.07 Å². The molecule has 5 nitrogen and oxygen atoms in total. The van der Waals surface area contributed by atoms with Crippen LogP contribution in [0.1, 0.15) is 16.8 Å². The Morgan fingerprint density at radius 1 is 1.25 bits per heavy atom. The molecule has 2 rings (SSSR count). The molecule has 0 aliphatic rings. The molecular weight excluding hydrogens is 274 g/mol. The van der Waals surface area contributed by atoms with Gasteiger partial charge in [-0.05, 0) is 49.2 Å². The van der Waals surface area contributed by atoms with E-state index in [0.717, 1.165) is 11.1 Å². The average Bonchev–Trinajstić information content (AvgIpc) is 2.41. The molecule has 0 amide bonds. The van der Waals surface area contributed by atoms with Gasteiger partial charge in [0, 0.05) is 12.7 Å². The number of nitrogens with two attached hydrogens (primary N) is 1. The highest BCUT2D eigenvalue weighted by molar-refractivity contribution is 7.92. The number of sulfonamides is 1. The first kappa shape index (κ1) is 14.5. The third-order valence-corrected chi connectivity index (χ3v) is 4.47. The normalized spacial score (nSPS) is 11.3. The molecule has 2 aromatic rings. The smallest absolute Gasteiger partial charge is 0.261 e. The van der Waals surface area contributed by atoms with Crippen molar-refractivity contribution in [2.75, 3.05) is 4.72 Å². The largest absolute Gasteiger partial charge is 0.326 e. The fourth-order valence-corrected chi connectivity index (χ4v) is 3.00. The van der Waals surface area contributed by atoms with Gasteiger partial charge >= 0.3 is 0 Å². The van der Waals surface area contributed by atoms with E-state index in [1.807, 2.05) is 6.92 Å². The Kier molecular flexibility index (Phi) is 4.06. The molecule has 0 saturated carbocycles. The van der Waals surface area contributed by atoms with Gasteiger partial charge in [0.25, 0.3) is 10.0 Å². The summed E-state index contributed by atoms with van der Waals surface area (Å²) in [5.41, 5.74) is 8.51. The molecular formula is C14H17N3O2S. The number of rotatable bonds is 4. The van der Waals surface area contributed by atoms with Crippen molar-refractivity contribution in [1.29, 1.82) is 0 Å². The van der Waals surface area contributed by atoms with E-state index in [1.165, 1.54) is 0 Å². The number of hydrogen-bond donors (Lipinski definition) is 2. The number of aryl methyl sites for hydroxylation is 2. The average molecular weight is 291 g/mol. The summed E-state index contributed by atoms with van der Waals surface area (Å²) in [6.45, 7) is 3.96. The predicted octanol–water partition coefficient (Wildman–Crippen LogP) is 1.96. The van der Waals surface area contributed by atoms with E-state index < -0.39 is 10.0 Å². The zero-order valence-corrected chi connectivity index (χ0v) is 12.2. The van der Waals surface area contributed by atoms with Crippen LogP contribution in [0.15, 0.2) is 41.4 Å². The molecule has 6 heteroatoms. The van der Waals surface area contributed by atoms with Crippen molar-refractivity contribution in [1.82, 2.24) is 4.98 Å². The maximum Gasteiger partial charge on any atom is 0.261 e. The van der Waals surface area contributed by atoms with Crippen molar-refractivity contribution in [3.05, 3.63) is 53.3 Å². The van der Waals surface area contributed by atoms with E-state index in [0.29, 0.717) is 17.9 Å². The van der Waals surface area contributed by atoms with Crippen molar-refractivity contribution in [3.63, 3.8) is 0 Å². The van der Waals surface area contributed by atoms with Gasteiger partial charge in [-0.2, -0.15) is 0 Å². The monoisotopic (exact) mass is 291 g/mol. The van der Waals surface area contributed by atoms with Crippen LogP contribution in [0.2, 0.25) is 0 Å². The molecule has 0 spiro atoms. The predicted molar refractivity (Wildman–Crippen MR) is 78.9 cm³/mol. The Morgan fingerprint density at radius 2 is 2.00 bits per heavy atom. The molecule has 0 aliphatic heterocycles. The third kappa shape index (κ3) is 2.97. The fourth-order valence-electron chi connectivity index (χ4n) is 1.83. The number of nitrogens with one attached hydrogen (secondary N) is 1. The Bertz CT molecular complexity index is 727. The van der Waals surface area contributed by atoms with Gasteiger partial charge in [0.05, 0.1) is 16.3 Å². The van der Waals surface area contributed by atoms with Crippen molar-refractivity contribution in [2.45, 2.75) is 25.3 Å². The highest BCUT2D eigenvalue weighted by Crippen LogP contribution is 2.20. The van der Waals surface area contributed by atoms with Crippen molar-refractivity contribution >= 4 is 15.7 Å². The van der Waals surface area contributed by atoms with Crippen LogP contribution in [0.25, 0.3) is 0 Å². The number of hydrogen-bond acceptors (Lipinski definition) is 4. The fraction of sp³-hybridized carbons (Fsp3) is 0.214. The summed E-state index contributed by atoms with van der Waals surface area (Å²) in [7, 11) is -3.63. The first-order chi connectivity index (χ1) is 9.44. The lowest BCUT2D eigenvalue weighted by atomic mass is 10.1. The first-order valence-electron chi connectivity index (χ1n) is 6.18.